The number of anilines is 1. The van der Waals surface area contributed by atoms with E-state index in [2.05, 4.69) is 37.2 Å². The van der Waals surface area contributed by atoms with Crippen LogP contribution in [0.15, 0.2) is 15.0 Å². The van der Waals surface area contributed by atoms with Crippen LogP contribution >= 0.6 is 43.5 Å². The molecule has 0 fully saturated rings. The Hall–Kier alpha value is -0.570. The quantitative estimate of drug-likeness (QED) is 0.804. The average Bonchev–Trinajstić information content (AvgIpc) is 2.22. The van der Waals surface area contributed by atoms with Gasteiger partial charge in [-0.2, -0.15) is 5.26 Å². The van der Waals surface area contributed by atoms with Gasteiger partial charge in [0.25, 0.3) is 0 Å². The summed E-state index contributed by atoms with van der Waals surface area (Å²) in [7, 11) is 0. The monoisotopic (exact) mass is 364 g/mol. The Bertz CT molecular complexity index is 483. The van der Waals surface area contributed by atoms with Gasteiger partial charge in [-0.15, -0.1) is 0 Å². The molecule has 1 aromatic rings. The largest absolute Gasteiger partial charge is 0.324 e. The number of benzene rings is 1. The normalized spacial score (nSPS) is 9.69. The first-order chi connectivity index (χ1) is 7.47. The summed E-state index contributed by atoms with van der Waals surface area (Å²) >= 11 is 12.7. The molecule has 0 saturated carbocycles. The fourth-order valence-corrected chi connectivity index (χ4v) is 2.73. The molecule has 0 atom stereocenters. The van der Waals surface area contributed by atoms with Crippen LogP contribution in [-0.2, 0) is 4.79 Å². The molecule has 0 bridgehead atoms. The van der Waals surface area contributed by atoms with Gasteiger partial charge in [-0.05, 0) is 50.4 Å². The Kier molecular flexibility index (Phi) is 4.78. The van der Waals surface area contributed by atoms with Crippen molar-refractivity contribution in [2.45, 2.75) is 13.3 Å². The third-order valence-corrected chi connectivity index (χ3v) is 3.88. The minimum absolute atomic E-state index is 0.181. The molecule has 0 aliphatic heterocycles. The van der Waals surface area contributed by atoms with E-state index in [1.807, 2.05) is 0 Å². The number of rotatable bonds is 2. The van der Waals surface area contributed by atoms with Crippen LogP contribution in [0.25, 0.3) is 0 Å². The van der Waals surface area contributed by atoms with Crippen molar-refractivity contribution in [2.24, 2.45) is 0 Å². The van der Waals surface area contributed by atoms with E-state index in [0.29, 0.717) is 15.2 Å². The fourth-order valence-electron chi connectivity index (χ4n) is 1.12. The molecule has 16 heavy (non-hydrogen) atoms. The lowest BCUT2D eigenvalue weighted by atomic mass is 10.2. The molecule has 0 aromatic heterocycles. The second-order valence-corrected chi connectivity index (χ2v) is 5.12. The van der Waals surface area contributed by atoms with Crippen molar-refractivity contribution in [2.75, 3.05) is 5.32 Å². The fraction of sp³-hybridized carbons (Fsp3) is 0.200. The predicted octanol–water partition coefficient (Wildman–Crippen LogP) is 4.03. The number of hydrogen-bond donors (Lipinski definition) is 1. The number of carbonyl (C=O) groups excluding carboxylic acids is 1. The summed E-state index contributed by atoms with van der Waals surface area (Å²) in [5.41, 5.74) is 1.34. The second-order valence-electron chi connectivity index (χ2n) is 3.04. The van der Waals surface area contributed by atoms with Gasteiger partial charge in [0.2, 0.25) is 5.91 Å². The zero-order valence-corrected chi connectivity index (χ0v) is 12.2. The molecular formula is C10H7Br2ClN2O. The molecule has 0 saturated heterocycles. The van der Waals surface area contributed by atoms with E-state index < -0.39 is 0 Å². The van der Waals surface area contributed by atoms with E-state index in [4.69, 9.17) is 16.9 Å². The van der Waals surface area contributed by atoms with Crippen LogP contribution in [-0.4, -0.2) is 5.91 Å². The van der Waals surface area contributed by atoms with E-state index in [1.165, 1.54) is 0 Å². The molecule has 0 aliphatic carbocycles. The van der Waals surface area contributed by atoms with Gasteiger partial charge in [-0.1, -0.05) is 11.6 Å². The number of hydrogen-bond acceptors (Lipinski definition) is 2. The van der Waals surface area contributed by atoms with Gasteiger partial charge in [0.1, 0.15) is 6.42 Å². The molecule has 1 rings (SSSR count). The smallest absolute Gasteiger partial charge is 0.238 e. The van der Waals surface area contributed by atoms with E-state index in [0.717, 1.165) is 10.0 Å². The zero-order valence-electron chi connectivity index (χ0n) is 8.27. The maximum absolute atomic E-state index is 11.3. The molecule has 0 aliphatic rings. The molecule has 0 heterocycles. The van der Waals surface area contributed by atoms with Gasteiger partial charge < -0.3 is 5.32 Å². The molecule has 1 aromatic carbocycles. The van der Waals surface area contributed by atoms with Crippen molar-refractivity contribution in [3.8, 4) is 6.07 Å². The first kappa shape index (κ1) is 13.5. The molecule has 84 valence electrons. The third kappa shape index (κ3) is 2.97. The molecule has 6 heteroatoms. The van der Waals surface area contributed by atoms with Crippen LogP contribution in [0, 0.1) is 18.3 Å². The lowest BCUT2D eigenvalue weighted by Gasteiger charge is -2.12. The van der Waals surface area contributed by atoms with Crippen molar-refractivity contribution < 1.29 is 4.79 Å². The maximum Gasteiger partial charge on any atom is 0.238 e. The number of nitrogens with zero attached hydrogens (tertiary/aromatic N) is 1. The summed E-state index contributed by atoms with van der Waals surface area (Å²) in [5, 5.41) is 11.6. The Morgan fingerprint density at radius 2 is 2.19 bits per heavy atom. The average molecular weight is 366 g/mol. The summed E-state index contributed by atoms with van der Waals surface area (Å²) < 4.78 is 1.46. The molecule has 3 nitrogen and oxygen atoms in total. The van der Waals surface area contributed by atoms with Crippen molar-refractivity contribution >= 4 is 55.1 Å². The van der Waals surface area contributed by atoms with Gasteiger partial charge >= 0.3 is 0 Å². The summed E-state index contributed by atoms with van der Waals surface area (Å²) in [6.07, 6.45) is -0.181. The third-order valence-electron chi connectivity index (χ3n) is 1.91. The number of nitriles is 1. The predicted molar refractivity (Wildman–Crippen MR) is 70.4 cm³/mol. The Morgan fingerprint density at radius 3 is 2.75 bits per heavy atom. The summed E-state index contributed by atoms with van der Waals surface area (Å²) in [6.45, 7) is 1.79. The minimum Gasteiger partial charge on any atom is -0.324 e. The van der Waals surface area contributed by atoms with E-state index in [-0.39, 0.29) is 12.3 Å². The zero-order chi connectivity index (χ0) is 12.3. The van der Waals surface area contributed by atoms with Gasteiger partial charge in [0.15, 0.2) is 0 Å². The number of nitrogens with one attached hydrogen (secondary N) is 1. The molecule has 0 radical (unpaired) electrons. The van der Waals surface area contributed by atoms with Gasteiger partial charge in [0.05, 0.1) is 16.8 Å². The highest BCUT2D eigenvalue weighted by atomic mass is 79.9. The van der Waals surface area contributed by atoms with Crippen LogP contribution in [0.2, 0.25) is 5.02 Å². The first-order valence-corrected chi connectivity index (χ1v) is 6.24. The van der Waals surface area contributed by atoms with E-state index in [9.17, 15) is 4.79 Å². The Labute approximate surface area is 115 Å². The standard InChI is InChI=1S/C10H7Br2ClN2O/c1-5-9(13)6(11)4-7(12)10(5)15-8(16)2-3-14/h4H,2H2,1H3,(H,15,16). The Morgan fingerprint density at radius 1 is 1.56 bits per heavy atom. The van der Waals surface area contributed by atoms with Gasteiger partial charge in [0, 0.05) is 8.95 Å². The minimum atomic E-state index is -0.357. The van der Waals surface area contributed by atoms with Crippen molar-refractivity contribution in [1.29, 1.82) is 5.26 Å². The van der Waals surface area contributed by atoms with Crippen molar-refractivity contribution in [1.82, 2.24) is 0 Å². The summed E-state index contributed by atoms with van der Waals surface area (Å²) in [5.74, 6) is -0.357. The summed E-state index contributed by atoms with van der Waals surface area (Å²) in [6, 6.07) is 3.53. The van der Waals surface area contributed by atoms with Crippen molar-refractivity contribution in [3.63, 3.8) is 0 Å². The second kappa shape index (κ2) is 5.67. The Balaban J connectivity index is 3.11. The molecule has 0 spiro atoms. The lowest BCUT2D eigenvalue weighted by Crippen LogP contribution is -2.12. The van der Waals surface area contributed by atoms with Crippen LogP contribution < -0.4 is 5.32 Å². The number of amides is 1. The highest BCUT2D eigenvalue weighted by molar-refractivity contribution is 9.11. The highest BCUT2D eigenvalue weighted by Crippen LogP contribution is 2.37. The van der Waals surface area contributed by atoms with Gasteiger partial charge in [-0.25, -0.2) is 0 Å². The van der Waals surface area contributed by atoms with Crippen molar-refractivity contribution in [3.05, 3.63) is 25.6 Å². The van der Waals surface area contributed by atoms with E-state index in [1.54, 1.807) is 19.1 Å². The number of halogens is 3. The van der Waals surface area contributed by atoms with Crippen LogP contribution in [0.5, 0.6) is 0 Å². The first-order valence-electron chi connectivity index (χ1n) is 4.28. The lowest BCUT2D eigenvalue weighted by molar-refractivity contribution is -0.115. The van der Waals surface area contributed by atoms with Gasteiger partial charge in [-0.3, -0.25) is 4.79 Å². The van der Waals surface area contributed by atoms with Crippen LogP contribution in [0.1, 0.15) is 12.0 Å². The topological polar surface area (TPSA) is 52.9 Å². The highest BCUT2D eigenvalue weighted by Gasteiger charge is 2.13. The van der Waals surface area contributed by atoms with E-state index >= 15 is 0 Å². The summed E-state index contributed by atoms with van der Waals surface area (Å²) in [4.78, 5) is 11.3. The van der Waals surface area contributed by atoms with Crippen LogP contribution in [0.4, 0.5) is 5.69 Å². The molecule has 1 amide bonds. The molecule has 0 unspecified atom stereocenters. The SMILES string of the molecule is Cc1c(Cl)c(Br)cc(Br)c1NC(=O)CC#N. The maximum atomic E-state index is 11.3. The van der Waals surface area contributed by atoms with Crippen LogP contribution in [0.3, 0.4) is 0 Å². The molecule has 1 N–H and O–H groups in total. The number of carbonyl (C=O) groups is 1. The molecular weight excluding hydrogens is 359 g/mol.